The second kappa shape index (κ2) is 6.23. The maximum Gasteiger partial charge on any atom is 0.0636 e. The van der Waals surface area contributed by atoms with E-state index in [4.69, 9.17) is 5.73 Å². The first-order valence-corrected chi connectivity index (χ1v) is 7.55. The van der Waals surface area contributed by atoms with Crippen LogP contribution in [0.5, 0.6) is 0 Å². The Labute approximate surface area is 122 Å². The van der Waals surface area contributed by atoms with Crippen molar-refractivity contribution >= 4 is 0 Å². The molecule has 0 aliphatic heterocycles. The van der Waals surface area contributed by atoms with Crippen LogP contribution in [0.15, 0.2) is 48.5 Å². The van der Waals surface area contributed by atoms with Crippen LogP contribution in [0.1, 0.15) is 49.4 Å². The molecule has 1 nitrogen and oxygen atoms in total. The first-order chi connectivity index (χ1) is 9.57. The van der Waals surface area contributed by atoms with Gasteiger partial charge >= 0.3 is 0 Å². The van der Waals surface area contributed by atoms with Gasteiger partial charge in [-0.25, -0.2) is 0 Å². The van der Waals surface area contributed by atoms with Gasteiger partial charge < -0.3 is 5.73 Å². The maximum absolute atomic E-state index is 6.57. The summed E-state index contributed by atoms with van der Waals surface area (Å²) in [6, 6.07) is 17.4. The van der Waals surface area contributed by atoms with Gasteiger partial charge in [-0.2, -0.15) is 0 Å². The highest BCUT2D eigenvalue weighted by atomic mass is 14.7. The lowest BCUT2D eigenvalue weighted by molar-refractivity contribution is 0.602. The largest absolute Gasteiger partial charge is 0.318 e. The predicted molar refractivity (Wildman–Crippen MR) is 86.9 cm³/mol. The standard InChI is InChI=1S/C19H25N/c1-4-6-16-9-13-18(14-10-16)19(3,20)17-11-7-15(5-2)8-12-17/h7-14H,4-6,20H2,1-3H3. The summed E-state index contributed by atoms with van der Waals surface area (Å²) in [6.07, 6.45) is 3.37. The van der Waals surface area contributed by atoms with Gasteiger partial charge in [0.15, 0.2) is 0 Å². The molecule has 0 amide bonds. The first-order valence-electron chi connectivity index (χ1n) is 7.55. The van der Waals surface area contributed by atoms with Crippen molar-refractivity contribution in [1.82, 2.24) is 0 Å². The minimum absolute atomic E-state index is 0.434. The molecule has 0 fully saturated rings. The van der Waals surface area contributed by atoms with Gasteiger partial charge in [-0.1, -0.05) is 68.8 Å². The monoisotopic (exact) mass is 267 g/mol. The predicted octanol–water partition coefficient (Wildman–Crippen LogP) is 4.42. The molecule has 2 aromatic carbocycles. The molecule has 0 bridgehead atoms. The van der Waals surface area contributed by atoms with Crippen LogP contribution in [0.25, 0.3) is 0 Å². The van der Waals surface area contributed by atoms with Gasteiger partial charge in [0.05, 0.1) is 5.54 Å². The van der Waals surface area contributed by atoms with Crippen LogP contribution in [0, 0.1) is 0 Å². The van der Waals surface area contributed by atoms with E-state index < -0.39 is 5.54 Å². The molecule has 0 saturated heterocycles. The maximum atomic E-state index is 6.57. The van der Waals surface area contributed by atoms with E-state index in [-0.39, 0.29) is 0 Å². The highest BCUT2D eigenvalue weighted by Gasteiger charge is 2.23. The highest BCUT2D eigenvalue weighted by Crippen LogP contribution is 2.27. The van der Waals surface area contributed by atoms with Gasteiger partial charge in [0.1, 0.15) is 0 Å². The summed E-state index contributed by atoms with van der Waals surface area (Å²) in [5.74, 6) is 0. The molecule has 0 spiro atoms. The van der Waals surface area contributed by atoms with Crippen molar-refractivity contribution in [3.8, 4) is 0 Å². The van der Waals surface area contributed by atoms with Crippen LogP contribution < -0.4 is 5.73 Å². The molecule has 1 atom stereocenters. The van der Waals surface area contributed by atoms with Crippen LogP contribution >= 0.6 is 0 Å². The van der Waals surface area contributed by atoms with Gasteiger partial charge in [0.2, 0.25) is 0 Å². The van der Waals surface area contributed by atoms with Crippen molar-refractivity contribution < 1.29 is 0 Å². The quantitative estimate of drug-likeness (QED) is 0.852. The molecule has 1 unspecified atom stereocenters. The van der Waals surface area contributed by atoms with Gasteiger partial charge in [-0.3, -0.25) is 0 Å². The molecule has 0 aliphatic carbocycles. The molecule has 2 rings (SSSR count). The Hall–Kier alpha value is -1.60. The summed E-state index contributed by atoms with van der Waals surface area (Å²) in [7, 11) is 0. The molecule has 1 heteroatoms. The number of benzene rings is 2. The number of rotatable bonds is 5. The summed E-state index contributed by atoms with van der Waals surface area (Å²) in [5, 5.41) is 0. The van der Waals surface area contributed by atoms with Crippen molar-refractivity contribution in [2.24, 2.45) is 5.73 Å². The fraction of sp³-hybridized carbons (Fsp3) is 0.368. The Balaban J connectivity index is 2.27. The Morgan fingerprint density at radius 1 is 0.800 bits per heavy atom. The highest BCUT2D eigenvalue weighted by molar-refractivity contribution is 5.39. The topological polar surface area (TPSA) is 26.0 Å². The van der Waals surface area contributed by atoms with Crippen LogP contribution in [0.2, 0.25) is 0 Å². The molecule has 106 valence electrons. The molecule has 0 aliphatic rings. The van der Waals surface area contributed by atoms with Crippen LogP contribution in [-0.4, -0.2) is 0 Å². The SMILES string of the molecule is CCCc1ccc(C(C)(N)c2ccc(CC)cc2)cc1. The van der Waals surface area contributed by atoms with Gasteiger partial charge in [0.25, 0.3) is 0 Å². The van der Waals surface area contributed by atoms with Crippen molar-refractivity contribution in [3.05, 3.63) is 70.8 Å². The molecule has 0 radical (unpaired) electrons. The summed E-state index contributed by atoms with van der Waals surface area (Å²) in [4.78, 5) is 0. The van der Waals surface area contributed by atoms with E-state index in [1.165, 1.54) is 23.1 Å². The fourth-order valence-corrected chi connectivity index (χ4v) is 2.56. The van der Waals surface area contributed by atoms with Crippen molar-refractivity contribution in [2.45, 2.75) is 45.6 Å². The molecule has 20 heavy (non-hydrogen) atoms. The summed E-state index contributed by atoms with van der Waals surface area (Å²) < 4.78 is 0. The lowest BCUT2D eigenvalue weighted by Gasteiger charge is -2.26. The third kappa shape index (κ3) is 3.10. The smallest absolute Gasteiger partial charge is 0.0636 e. The van der Waals surface area contributed by atoms with Gasteiger partial charge in [0, 0.05) is 0 Å². The molecule has 2 aromatic rings. The Morgan fingerprint density at radius 2 is 1.25 bits per heavy atom. The molecular weight excluding hydrogens is 242 g/mol. The van der Waals surface area contributed by atoms with E-state index in [0.29, 0.717) is 0 Å². The summed E-state index contributed by atoms with van der Waals surface area (Å²) in [6.45, 7) is 6.46. The minimum atomic E-state index is -0.434. The summed E-state index contributed by atoms with van der Waals surface area (Å²) >= 11 is 0. The number of hydrogen-bond acceptors (Lipinski definition) is 1. The third-order valence-electron chi connectivity index (χ3n) is 4.05. The lowest BCUT2D eigenvalue weighted by atomic mass is 9.84. The first kappa shape index (κ1) is 14.8. The van der Waals surface area contributed by atoms with Crippen molar-refractivity contribution in [1.29, 1.82) is 0 Å². The summed E-state index contributed by atoms with van der Waals surface area (Å²) in [5.41, 5.74) is 11.2. The normalized spacial score (nSPS) is 14.0. The Morgan fingerprint density at radius 3 is 1.65 bits per heavy atom. The van der Waals surface area contributed by atoms with Crippen molar-refractivity contribution in [2.75, 3.05) is 0 Å². The van der Waals surface area contributed by atoms with Crippen LogP contribution in [0.3, 0.4) is 0 Å². The number of aryl methyl sites for hydroxylation is 2. The second-order valence-corrected chi connectivity index (χ2v) is 5.70. The van der Waals surface area contributed by atoms with Crippen LogP contribution in [-0.2, 0) is 18.4 Å². The zero-order valence-corrected chi connectivity index (χ0v) is 12.8. The fourth-order valence-electron chi connectivity index (χ4n) is 2.56. The number of hydrogen-bond donors (Lipinski definition) is 1. The number of nitrogens with two attached hydrogens (primary N) is 1. The average Bonchev–Trinajstić information content (AvgIpc) is 2.48. The molecule has 2 N–H and O–H groups in total. The molecule has 0 heterocycles. The second-order valence-electron chi connectivity index (χ2n) is 5.70. The molecular formula is C19H25N. The van der Waals surface area contributed by atoms with Crippen molar-refractivity contribution in [3.63, 3.8) is 0 Å². The molecule has 0 saturated carbocycles. The third-order valence-corrected chi connectivity index (χ3v) is 4.05. The van der Waals surface area contributed by atoms with Crippen LogP contribution in [0.4, 0.5) is 0 Å². The van der Waals surface area contributed by atoms with E-state index in [2.05, 4.69) is 69.3 Å². The molecule has 0 aromatic heterocycles. The zero-order valence-electron chi connectivity index (χ0n) is 12.8. The zero-order chi connectivity index (χ0) is 14.6. The van der Waals surface area contributed by atoms with E-state index in [1.807, 2.05) is 0 Å². The van der Waals surface area contributed by atoms with E-state index in [9.17, 15) is 0 Å². The van der Waals surface area contributed by atoms with Gasteiger partial charge in [-0.15, -0.1) is 0 Å². The van der Waals surface area contributed by atoms with E-state index >= 15 is 0 Å². The van der Waals surface area contributed by atoms with E-state index in [1.54, 1.807) is 0 Å². The lowest BCUT2D eigenvalue weighted by Crippen LogP contribution is -2.34. The Kier molecular flexibility index (Phi) is 4.61. The minimum Gasteiger partial charge on any atom is -0.318 e. The Bertz CT molecular complexity index is 535. The van der Waals surface area contributed by atoms with E-state index in [0.717, 1.165) is 18.4 Å². The average molecular weight is 267 g/mol. The van der Waals surface area contributed by atoms with Gasteiger partial charge in [-0.05, 0) is 42.0 Å².